The van der Waals surface area contributed by atoms with Crippen LogP contribution in [0.25, 0.3) is 5.57 Å². The lowest BCUT2D eigenvalue weighted by Crippen LogP contribution is -2.28. The molecule has 0 aliphatic heterocycles. The molecule has 2 rings (SSSR count). The van der Waals surface area contributed by atoms with Gasteiger partial charge in [-0.25, -0.2) is 0 Å². The van der Waals surface area contributed by atoms with E-state index in [4.69, 9.17) is 27.9 Å². The number of carbonyl (C=O) groups excluding carboxylic acids is 2. The Kier molecular flexibility index (Phi) is 7.53. The van der Waals surface area contributed by atoms with Gasteiger partial charge in [0.05, 0.1) is 16.5 Å². The molecule has 1 aromatic rings. The highest BCUT2D eigenvalue weighted by Gasteiger charge is 2.37. The molecule has 0 bridgehead atoms. The summed E-state index contributed by atoms with van der Waals surface area (Å²) in [5.74, 6) is -0.0335. The van der Waals surface area contributed by atoms with Gasteiger partial charge in [0.1, 0.15) is 5.76 Å². The van der Waals surface area contributed by atoms with E-state index in [0.29, 0.717) is 39.8 Å². The molecule has 0 spiro atoms. The van der Waals surface area contributed by atoms with Crippen molar-refractivity contribution in [1.29, 1.82) is 0 Å². The van der Waals surface area contributed by atoms with Crippen LogP contribution in [0.15, 0.2) is 24.0 Å². The highest BCUT2D eigenvalue weighted by Crippen LogP contribution is 2.43. The van der Waals surface area contributed by atoms with Gasteiger partial charge in [0, 0.05) is 23.4 Å². The number of Topliss-reactive ketones (excluding diaryl/α,β-unsaturated/α-hetero) is 1. The zero-order valence-corrected chi connectivity index (χ0v) is 18.0. The van der Waals surface area contributed by atoms with Crippen LogP contribution in [-0.4, -0.2) is 11.8 Å². The normalized spacial score (nSPS) is 17.8. The second kappa shape index (κ2) is 9.25. The van der Waals surface area contributed by atoms with Crippen LogP contribution in [-0.2, 0) is 14.3 Å². The first-order chi connectivity index (χ1) is 12.7. The minimum absolute atomic E-state index is 0.0557. The Balaban J connectivity index is 2.44. The predicted octanol–water partition coefficient (Wildman–Crippen LogP) is 6.85. The molecule has 1 unspecified atom stereocenters. The van der Waals surface area contributed by atoms with E-state index in [1.165, 1.54) is 0 Å². The number of unbranched alkanes of at least 4 members (excludes halogenated alkanes) is 1. The van der Waals surface area contributed by atoms with Gasteiger partial charge in [0.15, 0.2) is 5.78 Å². The number of ketones is 1. The molecule has 0 saturated heterocycles. The molecule has 0 heterocycles. The lowest BCUT2D eigenvalue weighted by atomic mass is 9.75. The van der Waals surface area contributed by atoms with Crippen molar-refractivity contribution >= 4 is 40.5 Å². The number of allylic oxidation sites excluding steroid dienone is 2. The third kappa shape index (κ3) is 5.58. The Morgan fingerprint density at radius 2 is 1.93 bits per heavy atom. The SMILES string of the molecule is CCCCC(CC)C(=O)OC1=C(c2ccc(Cl)cc2Cl)C(=O)CC(C)(C)C1. The fourth-order valence-electron chi connectivity index (χ4n) is 3.49. The van der Waals surface area contributed by atoms with Crippen LogP contribution >= 0.6 is 23.2 Å². The number of carbonyl (C=O) groups is 2. The fraction of sp³-hybridized carbons (Fsp3) is 0.545. The minimum Gasteiger partial charge on any atom is -0.430 e. The van der Waals surface area contributed by atoms with Crippen LogP contribution in [0.1, 0.15) is 71.8 Å². The molecule has 0 amide bonds. The standard InChI is InChI=1S/C22H28Cl2O3/c1-5-7-8-14(6-2)21(26)27-19-13-22(3,4)12-18(25)20(19)16-10-9-15(23)11-17(16)24/h9-11,14H,5-8,12-13H2,1-4H3. The average Bonchev–Trinajstić information content (AvgIpc) is 2.56. The van der Waals surface area contributed by atoms with E-state index in [0.717, 1.165) is 25.7 Å². The maximum atomic E-state index is 12.9. The molecule has 3 nitrogen and oxygen atoms in total. The van der Waals surface area contributed by atoms with Gasteiger partial charge in [0.2, 0.25) is 0 Å². The summed E-state index contributed by atoms with van der Waals surface area (Å²) in [7, 11) is 0. The minimum atomic E-state index is -0.264. The highest BCUT2D eigenvalue weighted by atomic mass is 35.5. The zero-order chi connectivity index (χ0) is 20.2. The second-order valence-electron chi connectivity index (χ2n) is 8.03. The summed E-state index contributed by atoms with van der Waals surface area (Å²) >= 11 is 12.3. The monoisotopic (exact) mass is 410 g/mol. The molecule has 0 radical (unpaired) electrons. The van der Waals surface area contributed by atoms with Gasteiger partial charge in [-0.05, 0) is 30.4 Å². The number of rotatable bonds is 7. The van der Waals surface area contributed by atoms with Crippen LogP contribution in [0.5, 0.6) is 0 Å². The molecule has 0 aromatic heterocycles. The molecule has 1 aliphatic carbocycles. The summed E-state index contributed by atoms with van der Waals surface area (Å²) in [5.41, 5.74) is 0.723. The summed E-state index contributed by atoms with van der Waals surface area (Å²) in [6, 6.07) is 5.02. The van der Waals surface area contributed by atoms with Crippen molar-refractivity contribution in [3.63, 3.8) is 0 Å². The summed E-state index contributed by atoms with van der Waals surface area (Å²) < 4.78 is 5.83. The Labute approximate surface area is 172 Å². The number of esters is 1. The Hall–Kier alpha value is -1.32. The predicted molar refractivity (Wildman–Crippen MR) is 111 cm³/mol. The molecule has 1 aromatic carbocycles. The molecule has 0 N–H and O–H groups in total. The Morgan fingerprint density at radius 1 is 1.22 bits per heavy atom. The molecule has 148 valence electrons. The first kappa shape index (κ1) is 22.0. The average molecular weight is 411 g/mol. The summed E-state index contributed by atoms with van der Waals surface area (Å²) in [4.78, 5) is 25.7. The van der Waals surface area contributed by atoms with Gasteiger partial charge < -0.3 is 4.74 Å². The topological polar surface area (TPSA) is 43.4 Å². The maximum absolute atomic E-state index is 12.9. The van der Waals surface area contributed by atoms with Crippen molar-refractivity contribution in [1.82, 2.24) is 0 Å². The van der Waals surface area contributed by atoms with Crippen molar-refractivity contribution < 1.29 is 14.3 Å². The van der Waals surface area contributed by atoms with Crippen molar-refractivity contribution in [2.24, 2.45) is 11.3 Å². The van der Waals surface area contributed by atoms with Crippen LogP contribution in [0.4, 0.5) is 0 Å². The van der Waals surface area contributed by atoms with Crippen LogP contribution < -0.4 is 0 Å². The fourth-order valence-corrected chi connectivity index (χ4v) is 3.99. The van der Waals surface area contributed by atoms with Crippen molar-refractivity contribution in [3.05, 3.63) is 39.6 Å². The lowest BCUT2D eigenvalue weighted by molar-refractivity contribution is -0.145. The van der Waals surface area contributed by atoms with Gasteiger partial charge in [-0.2, -0.15) is 0 Å². The molecule has 0 saturated carbocycles. The quantitative estimate of drug-likeness (QED) is 0.461. The van der Waals surface area contributed by atoms with E-state index < -0.39 is 0 Å². The lowest BCUT2D eigenvalue weighted by Gasteiger charge is -2.32. The molecule has 1 atom stereocenters. The largest absolute Gasteiger partial charge is 0.430 e. The van der Waals surface area contributed by atoms with E-state index in [9.17, 15) is 9.59 Å². The summed E-state index contributed by atoms with van der Waals surface area (Å²) in [6.07, 6.45) is 4.43. The third-order valence-corrected chi connectivity index (χ3v) is 5.54. The van der Waals surface area contributed by atoms with Gasteiger partial charge in [-0.1, -0.05) is 69.8 Å². The third-order valence-electron chi connectivity index (χ3n) is 4.99. The smallest absolute Gasteiger partial charge is 0.314 e. The summed E-state index contributed by atoms with van der Waals surface area (Å²) in [6.45, 7) is 8.10. The molecule has 27 heavy (non-hydrogen) atoms. The van der Waals surface area contributed by atoms with Gasteiger partial charge in [-0.15, -0.1) is 0 Å². The van der Waals surface area contributed by atoms with E-state index in [1.807, 2.05) is 20.8 Å². The number of ether oxygens (including phenoxy) is 1. The molecule has 1 aliphatic rings. The highest BCUT2D eigenvalue weighted by molar-refractivity contribution is 6.37. The Morgan fingerprint density at radius 3 is 2.52 bits per heavy atom. The van der Waals surface area contributed by atoms with Crippen molar-refractivity contribution in [2.45, 2.75) is 66.2 Å². The number of hydrogen-bond donors (Lipinski definition) is 0. The summed E-state index contributed by atoms with van der Waals surface area (Å²) in [5, 5.41) is 0.884. The molecule has 0 fully saturated rings. The molecular weight excluding hydrogens is 383 g/mol. The molecular formula is C22H28Cl2O3. The van der Waals surface area contributed by atoms with Crippen molar-refractivity contribution in [3.8, 4) is 0 Å². The zero-order valence-electron chi connectivity index (χ0n) is 16.5. The van der Waals surface area contributed by atoms with Crippen LogP contribution in [0, 0.1) is 11.3 Å². The molecule has 5 heteroatoms. The first-order valence-electron chi connectivity index (χ1n) is 9.62. The number of hydrogen-bond acceptors (Lipinski definition) is 3. The maximum Gasteiger partial charge on any atom is 0.314 e. The number of halogens is 2. The van der Waals surface area contributed by atoms with E-state index in [2.05, 4.69) is 6.92 Å². The second-order valence-corrected chi connectivity index (χ2v) is 8.88. The first-order valence-corrected chi connectivity index (χ1v) is 10.4. The van der Waals surface area contributed by atoms with Crippen molar-refractivity contribution in [2.75, 3.05) is 0 Å². The van der Waals surface area contributed by atoms with Gasteiger partial charge in [-0.3, -0.25) is 9.59 Å². The van der Waals surface area contributed by atoms with E-state index in [1.54, 1.807) is 18.2 Å². The van der Waals surface area contributed by atoms with Crippen LogP contribution in [0.3, 0.4) is 0 Å². The van der Waals surface area contributed by atoms with E-state index >= 15 is 0 Å². The number of benzene rings is 1. The van der Waals surface area contributed by atoms with E-state index in [-0.39, 0.29) is 23.1 Å². The Bertz CT molecular complexity index is 750. The van der Waals surface area contributed by atoms with Gasteiger partial charge >= 0.3 is 5.97 Å². The van der Waals surface area contributed by atoms with Crippen LogP contribution in [0.2, 0.25) is 10.0 Å². The van der Waals surface area contributed by atoms with Gasteiger partial charge in [0.25, 0.3) is 0 Å².